The largest absolute Gasteiger partial charge is 0.382 e. The van der Waals surface area contributed by atoms with Gasteiger partial charge in [0.25, 0.3) is 0 Å². The van der Waals surface area contributed by atoms with Gasteiger partial charge in [0.05, 0.1) is 19.8 Å². The summed E-state index contributed by atoms with van der Waals surface area (Å²) in [5, 5.41) is 6.69. The smallest absolute Gasteiger partial charge is 0.191 e. The summed E-state index contributed by atoms with van der Waals surface area (Å²) in [6, 6.07) is 8.54. The highest BCUT2D eigenvalue weighted by molar-refractivity contribution is 14.0. The summed E-state index contributed by atoms with van der Waals surface area (Å²) in [6.07, 6.45) is 0.940. The zero-order valence-corrected chi connectivity index (χ0v) is 19.3. The molecule has 150 valence electrons. The first-order valence-electron chi connectivity index (χ1n) is 9.16. The Morgan fingerprint density at radius 2 is 1.85 bits per heavy atom. The Kier molecular flexibility index (Phi) is 13.8. The lowest BCUT2D eigenvalue weighted by atomic mass is 9.82. The number of methoxy groups -OCH3 is 1. The predicted molar refractivity (Wildman–Crippen MR) is 121 cm³/mol. The minimum atomic E-state index is -0.00302. The first kappa shape index (κ1) is 25.1. The van der Waals surface area contributed by atoms with Gasteiger partial charge in [0.2, 0.25) is 0 Å². The third-order valence-electron chi connectivity index (χ3n) is 4.04. The Hall–Kier alpha value is -0.860. The molecule has 6 heteroatoms. The Morgan fingerprint density at radius 1 is 1.12 bits per heavy atom. The van der Waals surface area contributed by atoms with Gasteiger partial charge in [0.15, 0.2) is 5.96 Å². The summed E-state index contributed by atoms with van der Waals surface area (Å²) in [5.74, 6) is 0.862. The third-order valence-corrected chi connectivity index (χ3v) is 4.04. The molecule has 26 heavy (non-hydrogen) atoms. The van der Waals surface area contributed by atoms with Gasteiger partial charge in [-0.25, -0.2) is 0 Å². The number of benzene rings is 1. The molecule has 0 aliphatic rings. The first-order chi connectivity index (χ1) is 12.0. The summed E-state index contributed by atoms with van der Waals surface area (Å²) in [4.78, 5) is 4.78. The lowest BCUT2D eigenvalue weighted by Crippen LogP contribution is -2.39. The maximum Gasteiger partial charge on any atom is 0.191 e. The van der Waals surface area contributed by atoms with Crippen molar-refractivity contribution in [3.8, 4) is 0 Å². The normalized spacial score (nSPS) is 11.8. The van der Waals surface area contributed by atoms with Crippen LogP contribution in [0.2, 0.25) is 0 Å². The maximum absolute atomic E-state index is 5.48. The Labute approximate surface area is 176 Å². The van der Waals surface area contributed by atoms with Crippen LogP contribution in [0, 0.1) is 6.92 Å². The van der Waals surface area contributed by atoms with Crippen LogP contribution in [-0.4, -0.2) is 52.5 Å². The summed E-state index contributed by atoms with van der Waals surface area (Å²) in [7, 11) is 1.68. The van der Waals surface area contributed by atoms with Crippen LogP contribution >= 0.6 is 24.0 Å². The molecule has 0 heterocycles. The lowest BCUT2D eigenvalue weighted by Gasteiger charge is -2.25. The molecule has 5 nitrogen and oxygen atoms in total. The summed E-state index contributed by atoms with van der Waals surface area (Å²) < 4.78 is 10.4. The van der Waals surface area contributed by atoms with Crippen molar-refractivity contribution in [2.24, 2.45) is 4.99 Å². The average Bonchev–Trinajstić information content (AvgIpc) is 2.59. The number of nitrogens with one attached hydrogen (secondary N) is 2. The van der Waals surface area contributed by atoms with E-state index in [9.17, 15) is 0 Å². The fraction of sp³-hybridized carbons (Fsp3) is 0.650. The molecule has 0 aliphatic carbocycles. The molecule has 0 bridgehead atoms. The molecule has 0 amide bonds. The van der Waals surface area contributed by atoms with E-state index >= 15 is 0 Å². The number of rotatable bonds is 11. The van der Waals surface area contributed by atoms with E-state index in [0.29, 0.717) is 13.2 Å². The monoisotopic (exact) mass is 477 g/mol. The highest BCUT2D eigenvalue weighted by atomic mass is 127. The Balaban J connectivity index is 0.00000625. The number of hydrogen-bond donors (Lipinski definition) is 2. The molecule has 0 aromatic heterocycles. The SMILES string of the molecule is CCNC(=NCC(C)(C)c1ccccc1C)NCCCOCCOC.I. The van der Waals surface area contributed by atoms with Crippen LogP contribution in [0.25, 0.3) is 0 Å². The second-order valence-corrected chi connectivity index (χ2v) is 6.78. The minimum Gasteiger partial charge on any atom is -0.382 e. The van der Waals surface area contributed by atoms with Crippen LogP contribution < -0.4 is 10.6 Å². The molecule has 0 fully saturated rings. The zero-order chi connectivity index (χ0) is 18.5. The van der Waals surface area contributed by atoms with Crippen molar-refractivity contribution in [3.63, 3.8) is 0 Å². The molecule has 1 aromatic rings. The van der Waals surface area contributed by atoms with Gasteiger partial charge in [-0.3, -0.25) is 4.99 Å². The van der Waals surface area contributed by atoms with E-state index in [1.807, 2.05) is 0 Å². The molecular weight excluding hydrogens is 441 g/mol. The second kappa shape index (κ2) is 14.2. The van der Waals surface area contributed by atoms with Crippen molar-refractivity contribution in [1.82, 2.24) is 10.6 Å². The standard InChI is InChI=1S/C20H35N3O2.HI/c1-6-21-19(22-12-9-13-25-15-14-24-5)23-16-20(3,4)18-11-8-7-10-17(18)2;/h7-8,10-11H,6,9,12-16H2,1-5H3,(H2,21,22,23);1H. The van der Waals surface area contributed by atoms with E-state index in [1.165, 1.54) is 11.1 Å². The van der Waals surface area contributed by atoms with Crippen LogP contribution in [0.15, 0.2) is 29.3 Å². The number of ether oxygens (including phenoxy) is 2. The van der Waals surface area contributed by atoms with Crippen LogP contribution in [-0.2, 0) is 14.9 Å². The zero-order valence-electron chi connectivity index (χ0n) is 16.9. The van der Waals surface area contributed by atoms with Crippen LogP contribution in [0.3, 0.4) is 0 Å². The maximum atomic E-state index is 5.48. The highest BCUT2D eigenvalue weighted by Gasteiger charge is 2.22. The molecule has 0 unspecified atom stereocenters. The number of nitrogens with zero attached hydrogens (tertiary/aromatic N) is 1. The fourth-order valence-electron chi connectivity index (χ4n) is 2.66. The third kappa shape index (κ3) is 9.73. The quantitative estimate of drug-likeness (QED) is 0.222. The van der Waals surface area contributed by atoms with Crippen molar-refractivity contribution in [3.05, 3.63) is 35.4 Å². The van der Waals surface area contributed by atoms with Crippen molar-refractivity contribution >= 4 is 29.9 Å². The summed E-state index contributed by atoms with van der Waals surface area (Å²) in [5.41, 5.74) is 2.66. The van der Waals surface area contributed by atoms with Crippen LogP contribution in [0.5, 0.6) is 0 Å². The minimum absolute atomic E-state index is 0. The van der Waals surface area contributed by atoms with E-state index in [2.05, 4.69) is 62.6 Å². The molecule has 0 spiro atoms. The predicted octanol–water partition coefficient (Wildman–Crippen LogP) is 3.50. The van der Waals surface area contributed by atoms with Gasteiger partial charge in [-0.2, -0.15) is 0 Å². The number of halogens is 1. The number of hydrogen-bond acceptors (Lipinski definition) is 3. The van der Waals surface area contributed by atoms with Crippen molar-refractivity contribution in [2.45, 2.75) is 39.5 Å². The molecule has 2 N–H and O–H groups in total. The van der Waals surface area contributed by atoms with Gasteiger partial charge in [0.1, 0.15) is 0 Å². The topological polar surface area (TPSA) is 54.9 Å². The molecular formula is C20H36IN3O2. The molecule has 1 aromatic carbocycles. The average molecular weight is 477 g/mol. The lowest BCUT2D eigenvalue weighted by molar-refractivity contribution is 0.0698. The van der Waals surface area contributed by atoms with Gasteiger partial charge in [0, 0.05) is 32.2 Å². The fourth-order valence-corrected chi connectivity index (χ4v) is 2.66. The summed E-state index contributed by atoms with van der Waals surface area (Å²) in [6.45, 7) is 13.2. The van der Waals surface area contributed by atoms with Crippen molar-refractivity contribution in [1.29, 1.82) is 0 Å². The van der Waals surface area contributed by atoms with Crippen molar-refractivity contribution in [2.75, 3.05) is 46.6 Å². The number of guanidine groups is 1. The molecule has 0 radical (unpaired) electrons. The molecule has 0 saturated carbocycles. The molecule has 0 atom stereocenters. The highest BCUT2D eigenvalue weighted by Crippen LogP contribution is 2.26. The number of aliphatic imine (C=N–C) groups is 1. The van der Waals surface area contributed by atoms with Gasteiger partial charge >= 0.3 is 0 Å². The van der Waals surface area contributed by atoms with Crippen LogP contribution in [0.4, 0.5) is 0 Å². The van der Waals surface area contributed by atoms with E-state index in [4.69, 9.17) is 14.5 Å². The van der Waals surface area contributed by atoms with Crippen LogP contribution in [0.1, 0.15) is 38.3 Å². The van der Waals surface area contributed by atoms with E-state index < -0.39 is 0 Å². The van der Waals surface area contributed by atoms with E-state index in [-0.39, 0.29) is 29.4 Å². The first-order valence-corrected chi connectivity index (χ1v) is 9.16. The Morgan fingerprint density at radius 3 is 2.50 bits per heavy atom. The van der Waals surface area contributed by atoms with E-state index in [1.54, 1.807) is 7.11 Å². The van der Waals surface area contributed by atoms with Crippen molar-refractivity contribution < 1.29 is 9.47 Å². The van der Waals surface area contributed by atoms with Gasteiger partial charge in [-0.05, 0) is 31.4 Å². The molecule has 1 rings (SSSR count). The Bertz CT molecular complexity index is 522. The molecule has 0 aliphatic heterocycles. The van der Waals surface area contributed by atoms with E-state index in [0.717, 1.165) is 38.6 Å². The van der Waals surface area contributed by atoms with Gasteiger partial charge in [-0.15, -0.1) is 24.0 Å². The molecule has 0 saturated heterocycles. The number of aryl methyl sites for hydroxylation is 1. The van der Waals surface area contributed by atoms with Gasteiger partial charge in [-0.1, -0.05) is 38.1 Å². The summed E-state index contributed by atoms with van der Waals surface area (Å²) >= 11 is 0. The van der Waals surface area contributed by atoms with Gasteiger partial charge < -0.3 is 20.1 Å². The second-order valence-electron chi connectivity index (χ2n) is 6.78.